The molecule has 15 heavy (non-hydrogen) atoms. The third-order valence-corrected chi connectivity index (χ3v) is 2.69. The number of nitrogens with one attached hydrogen (secondary N) is 2. The summed E-state index contributed by atoms with van der Waals surface area (Å²) in [5.41, 5.74) is 0. The van der Waals surface area contributed by atoms with E-state index in [2.05, 4.69) is 17.6 Å². The molecule has 2 N–H and O–H groups in total. The van der Waals surface area contributed by atoms with Crippen LogP contribution in [0.4, 0.5) is 0 Å². The van der Waals surface area contributed by atoms with Crippen LogP contribution in [-0.2, 0) is 9.53 Å². The van der Waals surface area contributed by atoms with Gasteiger partial charge in [0, 0.05) is 32.7 Å². The van der Waals surface area contributed by atoms with E-state index in [1.165, 1.54) is 0 Å². The first-order valence-corrected chi connectivity index (χ1v) is 5.71. The summed E-state index contributed by atoms with van der Waals surface area (Å²) >= 11 is 0. The maximum absolute atomic E-state index is 11.5. The quantitative estimate of drug-likeness (QED) is 0.656. The summed E-state index contributed by atoms with van der Waals surface area (Å²) in [7, 11) is 1.66. The van der Waals surface area contributed by atoms with Crippen molar-refractivity contribution in [3.8, 4) is 0 Å². The Balaban J connectivity index is 2.13. The molecule has 2 atom stereocenters. The number of hydrogen-bond donors (Lipinski definition) is 2. The van der Waals surface area contributed by atoms with E-state index in [4.69, 9.17) is 4.74 Å². The van der Waals surface area contributed by atoms with Gasteiger partial charge in [-0.05, 0) is 25.3 Å². The molecule has 1 saturated heterocycles. The van der Waals surface area contributed by atoms with Crippen LogP contribution in [0.2, 0.25) is 0 Å². The lowest BCUT2D eigenvalue weighted by atomic mass is 9.97. The van der Waals surface area contributed by atoms with E-state index in [1.54, 1.807) is 7.11 Å². The molecule has 0 radical (unpaired) electrons. The molecule has 0 saturated carbocycles. The molecular weight excluding hydrogens is 192 g/mol. The Morgan fingerprint density at radius 2 is 2.33 bits per heavy atom. The van der Waals surface area contributed by atoms with Crippen molar-refractivity contribution in [1.82, 2.24) is 10.6 Å². The second-order valence-electron chi connectivity index (χ2n) is 4.36. The van der Waals surface area contributed by atoms with E-state index in [0.29, 0.717) is 25.0 Å². The van der Waals surface area contributed by atoms with Crippen molar-refractivity contribution < 1.29 is 9.53 Å². The van der Waals surface area contributed by atoms with Gasteiger partial charge in [0.2, 0.25) is 5.91 Å². The lowest BCUT2D eigenvalue weighted by Gasteiger charge is -2.28. The molecule has 1 amide bonds. The van der Waals surface area contributed by atoms with Gasteiger partial charge >= 0.3 is 0 Å². The van der Waals surface area contributed by atoms with E-state index in [9.17, 15) is 4.79 Å². The zero-order chi connectivity index (χ0) is 11.1. The molecule has 0 aromatic carbocycles. The first-order chi connectivity index (χ1) is 7.22. The number of rotatable bonds is 5. The number of carbonyl (C=O) groups excluding carboxylic acids is 1. The number of hydrogen-bond acceptors (Lipinski definition) is 3. The largest absolute Gasteiger partial charge is 0.385 e. The molecule has 4 heteroatoms. The van der Waals surface area contributed by atoms with Crippen LogP contribution in [-0.4, -0.2) is 38.8 Å². The molecule has 0 aromatic rings. The Labute approximate surface area is 91.8 Å². The Morgan fingerprint density at radius 3 is 3.00 bits per heavy atom. The minimum atomic E-state index is 0.146. The maximum atomic E-state index is 11.5. The summed E-state index contributed by atoms with van der Waals surface area (Å²) in [6.07, 6.45) is 2.46. The highest BCUT2D eigenvalue weighted by Crippen LogP contribution is 2.09. The van der Waals surface area contributed by atoms with Crippen LogP contribution in [0.1, 0.15) is 26.2 Å². The normalized spacial score (nSPS) is 26.3. The van der Waals surface area contributed by atoms with Gasteiger partial charge in [-0.2, -0.15) is 0 Å². The Morgan fingerprint density at radius 1 is 1.53 bits per heavy atom. The highest BCUT2D eigenvalue weighted by molar-refractivity contribution is 5.76. The molecule has 0 aliphatic carbocycles. The van der Waals surface area contributed by atoms with Crippen molar-refractivity contribution in [3.05, 3.63) is 0 Å². The highest BCUT2D eigenvalue weighted by atomic mass is 16.5. The second-order valence-corrected chi connectivity index (χ2v) is 4.36. The average Bonchev–Trinajstić information content (AvgIpc) is 2.18. The number of ether oxygens (including phenoxy) is 1. The van der Waals surface area contributed by atoms with Gasteiger partial charge in [0.05, 0.1) is 0 Å². The summed E-state index contributed by atoms with van der Waals surface area (Å²) in [5.74, 6) is 0.802. The summed E-state index contributed by atoms with van der Waals surface area (Å²) in [6.45, 7) is 4.83. The van der Waals surface area contributed by atoms with Gasteiger partial charge in [-0.25, -0.2) is 0 Å². The zero-order valence-electron chi connectivity index (χ0n) is 9.71. The van der Waals surface area contributed by atoms with E-state index in [-0.39, 0.29) is 5.91 Å². The topological polar surface area (TPSA) is 50.4 Å². The summed E-state index contributed by atoms with van der Waals surface area (Å²) in [6, 6.07) is 0.309. The van der Waals surface area contributed by atoms with E-state index < -0.39 is 0 Å². The van der Waals surface area contributed by atoms with Gasteiger partial charge in [-0.15, -0.1) is 0 Å². The van der Waals surface area contributed by atoms with Gasteiger partial charge in [-0.3, -0.25) is 4.79 Å². The molecule has 4 nitrogen and oxygen atoms in total. The third-order valence-electron chi connectivity index (χ3n) is 2.69. The molecule has 0 bridgehead atoms. The van der Waals surface area contributed by atoms with Crippen LogP contribution in [0.3, 0.4) is 0 Å². The predicted molar refractivity (Wildman–Crippen MR) is 59.7 cm³/mol. The fourth-order valence-electron chi connectivity index (χ4n) is 1.94. The number of piperidine rings is 1. The van der Waals surface area contributed by atoms with Crippen molar-refractivity contribution in [3.63, 3.8) is 0 Å². The maximum Gasteiger partial charge on any atom is 0.220 e. The van der Waals surface area contributed by atoms with Crippen LogP contribution < -0.4 is 10.6 Å². The zero-order valence-corrected chi connectivity index (χ0v) is 9.71. The second kappa shape index (κ2) is 6.80. The van der Waals surface area contributed by atoms with Crippen molar-refractivity contribution >= 4 is 5.91 Å². The molecule has 1 heterocycles. The van der Waals surface area contributed by atoms with Crippen molar-refractivity contribution in [2.75, 3.05) is 26.8 Å². The lowest BCUT2D eigenvalue weighted by molar-refractivity contribution is -0.122. The van der Waals surface area contributed by atoms with Crippen LogP contribution in [0.5, 0.6) is 0 Å². The lowest BCUT2D eigenvalue weighted by Crippen LogP contribution is -2.48. The summed E-state index contributed by atoms with van der Waals surface area (Å²) < 4.78 is 4.91. The molecule has 1 aliphatic heterocycles. The number of carbonyl (C=O) groups is 1. The first-order valence-electron chi connectivity index (χ1n) is 5.71. The minimum Gasteiger partial charge on any atom is -0.385 e. The highest BCUT2D eigenvalue weighted by Gasteiger charge is 2.19. The van der Waals surface area contributed by atoms with Crippen molar-refractivity contribution in [2.45, 2.75) is 32.2 Å². The fraction of sp³-hybridized carbons (Fsp3) is 0.909. The van der Waals surface area contributed by atoms with Crippen molar-refractivity contribution in [2.24, 2.45) is 5.92 Å². The van der Waals surface area contributed by atoms with E-state index in [0.717, 1.165) is 25.9 Å². The molecular formula is C11H22N2O2. The molecule has 0 spiro atoms. The molecule has 1 fully saturated rings. The molecule has 1 aliphatic rings. The van der Waals surface area contributed by atoms with Crippen LogP contribution in [0.25, 0.3) is 0 Å². The molecule has 1 rings (SSSR count). The predicted octanol–water partition coefficient (Wildman–Crippen LogP) is 0.527. The number of amides is 1. The molecule has 2 unspecified atom stereocenters. The smallest absolute Gasteiger partial charge is 0.220 e. The van der Waals surface area contributed by atoms with Crippen LogP contribution in [0.15, 0.2) is 0 Å². The van der Waals surface area contributed by atoms with Crippen LogP contribution in [0, 0.1) is 5.92 Å². The average molecular weight is 214 g/mol. The van der Waals surface area contributed by atoms with Gasteiger partial charge in [0.25, 0.3) is 0 Å². The van der Waals surface area contributed by atoms with Crippen molar-refractivity contribution in [1.29, 1.82) is 0 Å². The van der Waals surface area contributed by atoms with Gasteiger partial charge in [-0.1, -0.05) is 6.92 Å². The monoisotopic (exact) mass is 214 g/mol. The van der Waals surface area contributed by atoms with Crippen LogP contribution >= 0.6 is 0 Å². The third kappa shape index (κ3) is 5.14. The minimum absolute atomic E-state index is 0.146. The summed E-state index contributed by atoms with van der Waals surface area (Å²) in [5, 5.41) is 6.37. The molecule has 0 aromatic heterocycles. The Kier molecular flexibility index (Phi) is 5.65. The van der Waals surface area contributed by atoms with Gasteiger partial charge in [0.1, 0.15) is 0 Å². The fourth-order valence-corrected chi connectivity index (χ4v) is 1.94. The molecule has 88 valence electrons. The Hall–Kier alpha value is -0.610. The Bertz CT molecular complexity index is 197. The van der Waals surface area contributed by atoms with E-state index >= 15 is 0 Å². The first kappa shape index (κ1) is 12.5. The van der Waals surface area contributed by atoms with E-state index in [1.807, 2.05) is 0 Å². The van der Waals surface area contributed by atoms with Gasteiger partial charge in [0.15, 0.2) is 0 Å². The SMILES string of the molecule is COCCCC(=O)NC1CNCC(C)C1. The summed E-state index contributed by atoms with van der Waals surface area (Å²) in [4.78, 5) is 11.5. The van der Waals surface area contributed by atoms with Gasteiger partial charge < -0.3 is 15.4 Å². The standard InChI is InChI=1S/C11H22N2O2/c1-9-6-10(8-12-7-9)13-11(14)4-3-5-15-2/h9-10,12H,3-8H2,1-2H3,(H,13,14). The number of methoxy groups -OCH3 is 1.